The lowest BCUT2D eigenvalue weighted by atomic mass is 10.2. The van der Waals surface area contributed by atoms with Crippen molar-refractivity contribution in [3.8, 4) is 0 Å². The maximum atomic E-state index is 8.67. The maximum Gasteiger partial charge on any atom is 0.104 e. The van der Waals surface area contributed by atoms with Crippen molar-refractivity contribution < 1.29 is 14.6 Å². The first-order valence-corrected chi connectivity index (χ1v) is 3.65. The summed E-state index contributed by atoms with van der Waals surface area (Å²) in [7, 11) is 0. The standard InChI is InChI=1S/C8H12O3/c9-3-1-2-8-4-7(5-10)6-11-8/h4,6,9-10H,1-3,5H2. The molecule has 0 saturated carbocycles. The SMILES string of the molecule is OCCCc1cc(CO)co1. The number of furan rings is 1. The summed E-state index contributed by atoms with van der Waals surface area (Å²) in [5, 5.41) is 17.2. The van der Waals surface area contributed by atoms with E-state index in [2.05, 4.69) is 0 Å². The van der Waals surface area contributed by atoms with Crippen LogP contribution in [0.1, 0.15) is 17.7 Å². The normalized spacial score (nSPS) is 10.4. The van der Waals surface area contributed by atoms with Crippen LogP contribution in [0.2, 0.25) is 0 Å². The van der Waals surface area contributed by atoms with Crippen molar-refractivity contribution in [2.75, 3.05) is 6.61 Å². The average molecular weight is 156 g/mol. The van der Waals surface area contributed by atoms with Crippen LogP contribution in [-0.2, 0) is 13.0 Å². The highest BCUT2D eigenvalue weighted by atomic mass is 16.3. The second-order valence-corrected chi connectivity index (χ2v) is 2.41. The Morgan fingerprint density at radius 2 is 2.18 bits per heavy atom. The first kappa shape index (κ1) is 8.30. The Morgan fingerprint density at radius 3 is 2.73 bits per heavy atom. The van der Waals surface area contributed by atoms with Gasteiger partial charge in [0.15, 0.2) is 0 Å². The number of aryl methyl sites for hydroxylation is 1. The van der Waals surface area contributed by atoms with E-state index in [1.807, 2.05) is 0 Å². The average Bonchev–Trinajstić information content (AvgIpc) is 2.48. The first-order chi connectivity index (χ1) is 5.36. The second-order valence-electron chi connectivity index (χ2n) is 2.41. The molecule has 0 fully saturated rings. The zero-order valence-electron chi connectivity index (χ0n) is 6.29. The largest absolute Gasteiger partial charge is 0.469 e. The number of hydrogen-bond acceptors (Lipinski definition) is 3. The van der Waals surface area contributed by atoms with E-state index < -0.39 is 0 Å². The van der Waals surface area contributed by atoms with Gasteiger partial charge in [-0.25, -0.2) is 0 Å². The lowest BCUT2D eigenvalue weighted by Crippen LogP contribution is -1.86. The Kier molecular flexibility index (Phi) is 3.14. The third-order valence-electron chi connectivity index (χ3n) is 1.47. The molecule has 1 aromatic heterocycles. The molecule has 11 heavy (non-hydrogen) atoms. The van der Waals surface area contributed by atoms with Crippen LogP contribution in [0.4, 0.5) is 0 Å². The number of aliphatic hydroxyl groups excluding tert-OH is 2. The van der Waals surface area contributed by atoms with E-state index in [1.165, 1.54) is 6.26 Å². The smallest absolute Gasteiger partial charge is 0.104 e. The van der Waals surface area contributed by atoms with Gasteiger partial charge in [-0.1, -0.05) is 0 Å². The summed E-state index contributed by atoms with van der Waals surface area (Å²) < 4.78 is 5.09. The van der Waals surface area contributed by atoms with Crippen LogP contribution >= 0.6 is 0 Å². The fourth-order valence-corrected chi connectivity index (χ4v) is 0.893. The van der Waals surface area contributed by atoms with E-state index in [0.29, 0.717) is 6.42 Å². The highest BCUT2D eigenvalue weighted by molar-refractivity contribution is 5.11. The molecule has 0 aliphatic carbocycles. The van der Waals surface area contributed by atoms with Gasteiger partial charge in [-0.05, 0) is 12.5 Å². The van der Waals surface area contributed by atoms with Gasteiger partial charge in [0.1, 0.15) is 5.76 Å². The van der Waals surface area contributed by atoms with Crippen molar-refractivity contribution in [3.05, 3.63) is 23.7 Å². The summed E-state index contributed by atoms with van der Waals surface area (Å²) >= 11 is 0. The summed E-state index contributed by atoms with van der Waals surface area (Å²) in [6.07, 6.45) is 2.97. The number of rotatable bonds is 4. The van der Waals surface area contributed by atoms with Crippen LogP contribution in [0.15, 0.2) is 16.7 Å². The van der Waals surface area contributed by atoms with Crippen molar-refractivity contribution >= 4 is 0 Å². The lowest BCUT2D eigenvalue weighted by Gasteiger charge is -1.90. The summed E-state index contributed by atoms with van der Waals surface area (Å²) in [6.45, 7) is 0.192. The van der Waals surface area contributed by atoms with Gasteiger partial charge in [-0.15, -0.1) is 0 Å². The van der Waals surface area contributed by atoms with E-state index in [9.17, 15) is 0 Å². The van der Waals surface area contributed by atoms with Crippen molar-refractivity contribution in [3.63, 3.8) is 0 Å². The highest BCUT2D eigenvalue weighted by Crippen LogP contribution is 2.09. The third-order valence-corrected chi connectivity index (χ3v) is 1.47. The van der Waals surface area contributed by atoms with Crippen LogP contribution in [-0.4, -0.2) is 16.8 Å². The lowest BCUT2D eigenvalue weighted by molar-refractivity contribution is 0.280. The summed E-state index contributed by atoms with van der Waals surface area (Å²) in [5.41, 5.74) is 0.790. The molecule has 62 valence electrons. The van der Waals surface area contributed by atoms with Crippen molar-refractivity contribution in [2.45, 2.75) is 19.4 Å². The van der Waals surface area contributed by atoms with Crippen LogP contribution in [0.3, 0.4) is 0 Å². The fourth-order valence-electron chi connectivity index (χ4n) is 0.893. The molecule has 3 heteroatoms. The van der Waals surface area contributed by atoms with E-state index in [-0.39, 0.29) is 13.2 Å². The number of aliphatic hydroxyl groups is 2. The molecule has 0 aromatic carbocycles. The molecule has 0 aliphatic heterocycles. The molecule has 1 aromatic rings. The predicted molar refractivity (Wildman–Crippen MR) is 40.0 cm³/mol. The molecular weight excluding hydrogens is 144 g/mol. The molecule has 0 bridgehead atoms. The third kappa shape index (κ3) is 2.37. The number of hydrogen-bond donors (Lipinski definition) is 2. The minimum atomic E-state index is 0.0165. The van der Waals surface area contributed by atoms with Gasteiger partial charge < -0.3 is 14.6 Å². The Bertz CT molecular complexity index is 205. The monoisotopic (exact) mass is 156 g/mol. The van der Waals surface area contributed by atoms with E-state index in [1.54, 1.807) is 6.07 Å². The molecule has 0 spiro atoms. The minimum absolute atomic E-state index is 0.0165. The van der Waals surface area contributed by atoms with Crippen molar-refractivity contribution in [1.82, 2.24) is 0 Å². The van der Waals surface area contributed by atoms with Gasteiger partial charge in [0.25, 0.3) is 0 Å². The summed E-state index contributed by atoms with van der Waals surface area (Å²) in [5.74, 6) is 0.822. The van der Waals surface area contributed by atoms with E-state index in [4.69, 9.17) is 14.6 Å². The van der Waals surface area contributed by atoms with Crippen molar-refractivity contribution in [2.24, 2.45) is 0 Å². The first-order valence-electron chi connectivity index (χ1n) is 3.65. The molecule has 0 radical (unpaired) electrons. The predicted octanol–water partition coefficient (Wildman–Crippen LogP) is 0.697. The van der Waals surface area contributed by atoms with E-state index in [0.717, 1.165) is 17.7 Å². The summed E-state index contributed by atoms with van der Waals surface area (Å²) in [6, 6.07) is 1.80. The van der Waals surface area contributed by atoms with Crippen LogP contribution in [0, 0.1) is 0 Å². The second kappa shape index (κ2) is 4.16. The quantitative estimate of drug-likeness (QED) is 0.674. The minimum Gasteiger partial charge on any atom is -0.469 e. The van der Waals surface area contributed by atoms with Gasteiger partial charge >= 0.3 is 0 Å². The molecule has 3 nitrogen and oxygen atoms in total. The zero-order chi connectivity index (χ0) is 8.10. The molecule has 0 saturated heterocycles. The van der Waals surface area contributed by atoms with Crippen molar-refractivity contribution in [1.29, 1.82) is 0 Å². The summed E-state index contributed by atoms with van der Waals surface area (Å²) in [4.78, 5) is 0. The Balaban J connectivity index is 2.44. The van der Waals surface area contributed by atoms with Gasteiger partial charge in [-0.2, -0.15) is 0 Å². The molecule has 0 amide bonds. The highest BCUT2D eigenvalue weighted by Gasteiger charge is 1.99. The van der Waals surface area contributed by atoms with Gasteiger partial charge in [-0.3, -0.25) is 0 Å². The molecule has 0 unspecified atom stereocenters. The van der Waals surface area contributed by atoms with Gasteiger partial charge in [0.2, 0.25) is 0 Å². The van der Waals surface area contributed by atoms with Crippen LogP contribution in [0.25, 0.3) is 0 Å². The Morgan fingerprint density at radius 1 is 1.36 bits per heavy atom. The molecule has 1 heterocycles. The Hall–Kier alpha value is -0.800. The van der Waals surface area contributed by atoms with Crippen LogP contribution < -0.4 is 0 Å². The topological polar surface area (TPSA) is 53.6 Å². The van der Waals surface area contributed by atoms with Gasteiger partial charge in [0.05, 0.1) is 12.9 Å². The molecule has 2 N–H and O–H groups in total. The van der Waals surface area contributed by atoms with Gasteiger partial charge in [0, 0.05) is 18.6 Å². The molecule has 0 aliphatic rings. The maximum absolute atomic E-state index is 8.67. The fraction of sp³-hybridized carbons (Fsp3) is 0.500. The van der Waals surface area contributed by atoms with E-state index >= 15 is 0 Å². The molecule has 0 atom stereocenters. The zero-order valence-corrected chi connectivity index (χ0v) is 6.29. The Labute approximate surface area is 65.3 Å². The van der Waals surface area contributed by atoms with Crippen LogP contribution in [0.5, 0.6) is 0 Å². The molecular formula is C8H12O3. The molecule has 1 rings (SSSR count).